The van der Waals surface area contributed by atoms with E-state index in [1.807, 2.05) is 6.07 Å². The van der Waals surface area contributed by atoms with Crippen molar-refractivity contribution in [1.29, 1.82) is 5.26 Å². The van der Waals surface area contributed by atoms with Crippen molar-refractivity contribution in [3.63, 3.8) is 0 Å². The molecule has 0 aromatic heterocycles. The lowest BCUT2D eigenvalue weighted by molar-refractivity contribution is -0.119. The highest BCUT2D eigenvalue weighted by atomic mass is 16.1. The van der Waals surface area contributed by atoms with Crippen LogP contribution >= 0.6 is 0 Å². The monoisotopic (exact) mass is 218 g/mol. The quantitative estimate of drug-likeness (QED) is 0.731. The average Bonchev–Trinajstić information content (AvgIpc) is 2.28. The number of hydrogen-bond acceptors (Lipinski definition) is 4. The summed E-state index contributed by atoms with van der Waals surface area (Å²) in [6.45, 7) is 0.286. The summed E-state index contributed by atoms with van der Waals surface area (Å²) in [5, 5.41) is 8.91. The molecule has 1 unspecified atom stereocenters. The minimum absolute atomic E-state index is 0.286. The van der Waals surface area contributed by atoms with Gasteiger partial charge in [-0.2, -0.15) is 5.26 Å². The molecule has 0 aliphatic heterocycles. The molecular weight excluding hydrogens is 204 g/mol. The van der Waals surface area contributed by atoms with Gasteiger partial charge in [0.1, 0.15) is 12.1 Å². The van der Waals surface area contributed by atoms with Gasteiger partial charge in [-0.3, -0.25) is 4.79 Å². The first-order valence-electron chi connectivity index (χ1n) is 4.81. The van der Waals surface area contributed by atoms with Crippen molar-refractivity contribution in [1.82, 2.24) is 0 Å². The molecule has 1 atom stereocenters. The maximum atomic E-state index is 10.8. The van der Waals surface area contributed by atoms with E-state index in [1.165, 1.54) is 0 Å². The Morgan fingerprint density at radius 3 is 2.75 bits per heavy atom. The van der Waals surface area contributed by atoms with Crippen LogP contribution in [0.2, 0.25) is 0 Å². The highest BCUT2D eigenvalue weighted by Crippen LogP contribution is 2.17. The Morgan fingerprint density at radius 2 is 2.19 bits per heavy atom. The topological polar surface area (TPSA) is 96.1 Å². The van der Waals surface area contributed by atoms with Gasteiger partial charge >= 0.3 is 0 Å². The number of hydrogen-bond donors (Lipinski definition) is 2. The van der Waals surface area contributed by atoms with Gasteiger partial charge in [0.25, 0.3) is 0 Å². The molecule has 84 valence electrons. The zero-order chi connectivity index (χ0) is 12.1. The van der Waals surface area contributed by atoms with Crippen LogP contribution in [0.25, 0.3) is 0 Å². The molecular formula is C11H14N4O. The zero-order valence-corrected chi connectivity index (χ0v) is 9.05. The van der Waals surface area contributed by atoms with Gasteiger partial charge in [0, 0.05) is 13.6 Å². The fourth-order valence-corrected chi connectivity index (χ4v) is 1.38. The molecule has 0 aliphatic rings. The molecule has 0 spiro atoms. The maximum absolute atomic E-state index is 10.8. The second-order valence-electron chi connectivity index (χ2n) is 3.52. The lowest BCUT2D eigenvalue weighted by atomic mass is 10.1. The molecule has 1 rings (SSSR count). The summed E-state index contributed by atoms with van der Waals surface area (Å²) in [6, 6.07) is 8.45. The first-order valence-corrected chi connectivity index (χ1v) is 4.81. The summed E-state index contributed by atoms with van der Waals surface area (Å²) >= 11 is 0. The number of para-hydroxylation sites is 1. The van der Waals surface area contributed by atoms with Crippen LogP contribution < -0.4 is 16.4 Å². The van der Waals surface area contributed by atoms with Crippen LogP contribution in [0.4, 0.5) is 5.69 Å². The van der Waals surface area contributed by atoms with Crippen molar-refractivity contribution in [3.8, 4) is 6.07 Å². The molecule has 1 amide bonds. The number of rotatable bonds is 4. The molecule has 0 saturated heterocycles. The van der Waals surface area contributed by atoms with Crippen molar-refractivity contribution >= 4 is 11.6 Å². The van der Waals surface area contributed by atoms with E-state index >= 15 is 0 Å². The molecule has 0 heterocycles. The van der Waals surface area contributed by atoms with Gasteiger partial charge in [0.2, 0.25) is 5.91 Å². The van der Waals surface area contributed by atoms with Crippen LogP contribution in [0.5, 0.6) is 0 Å². The number of likely N-dealkylation sites (N-methyl/N-ethyl adjacent to an activating group) is 1. The minimum atomic E-state index is -0.739. The van der Waals surface area contributed by atoms with Gasteiger partial charge in [-0.15, -0.1) is 0 Å². The van der Waals surface area contributed by atoms with Crippen molar-refractivity contribution in [3.05, 3.63) is 29.8 Å². The highest BCUT2D eigenvalue weighted by Gasteiger charge is 2.14. The Morgan fingerprint density at radius 1 is 1.56 bits per heavy atom. The number of carbonyl (C=O) groups excluding carboxylic acids is 1. The van der Waals surface area contributed by atoms with Gasteiger partial charge in [-0.1, -0.05) is 12.1 Å². The molecule has 0 aliphatic carbocycles. The van der Waals surface area contributed by atoms with Gasteiger partial charge < -0.3 is 16.4 Å². The highest BCUT2D eigenvalue weighted by molar-refractivity contribution is 5.80. The van der Waals surface area contributed by atoms with Crippen molar-refractivity contribution in [2.75, 3.05) is 18.5 Å². The van der Waals surface area contributed by atoms with Crippen LogP contribution in [0, 0.1) is 11.3 Å². The van der Waals surface area contributed by atoms with Crippen LogP contribution in [0.1, 0.15) is 5.56 Å². The van der Waals surface area contributed by atoms with Crippen LogP contribution in [-0.4, -0.2) is 25.5 Å². The summed E-state index contributed by atoms with van der Waals surface area (Å²) < 4.78 is 0. The SMILES string of the molecule is CN(CC(N)C(N)=O)c1ccccc1C#N. The molecule has 0 fully saturated rings. The molecule has 1 aromatic rings. The third-order valence-electron chi connectivity index (χ3n) is 2.27. The van der Waals surface area contributed by atoms with E-state index in [-0.39, 0.29) is 6.54 Å². The van der Waals surface area contributed by atoms with E-state index in [1.54, 1.807) is 30.1 Å². The first-order chi connectivity index (χ1) is 7.56. The molecule has 5 nitrogen and oxygen atoms in total. The Balaban J connectivity index is 2.85. The average molecular weight is 218 g/mol. The number of primary amides is 1. The van der Waals surface area contributed by atoms with Gasteiger partial charge in [-0.25, -0.2) is 0 Å². The lowest BCUT2D eigenvalue weighted by Gasteiger charge is -2.22. The number of carbonyl (C=O) groups is 1. The predicted molar refractivity (Wildman–Crippen MR) is 61.6 cm³/mol. The first kappa shape index (κ1) is 12.0. The Labute approximate surface area is 94.2 Å². The van der Waals surface area contributed by atoms with Gasteiger partial charge in [0.05, 0.1) is 11.3 Å². The summed E-state index contributed by atoms with van der Waals surface area (Å²) in [4.78, 5) is 12.6. The smallest absolute Gasteiger partial charge is 0.236 e. The fraction of sp³-hybridized carbons (Fsp3) is 0.273. The molecule has 5 heteroatoms. The van der Waals surface area contributed by atoms with E-state index in [0.29, 0.717) is 5.56 Å². The van der Waals surface area contributed by atoms with E-state index in [0.717, 1.165) is 5.69 Å². The molecule has 1 aromatic carbocycles. The maximum Gasteiger partial charge on any atom is 0.236 e. The summed E-state index contributed by atoms with van der Waals surface area (Å²) in [5.74, 6) is -0.554. The number of nitrogens with two attached hydrogens (primary N) is 2. The lowest BCUT2D eigenvalue weighted by Crippen LogP contribution is -2.45. The Bertz CT molecular complexity index is 424. The second-order valence-corrected chi connectivity index (χ2v) is 3.52. The van der Waals surface area contributed by atoms with Crippen LogP contribution in [0.15, 0.2) is 24.3 Å². The van der Waals surface area contributed by atoms with E-state index in [4.69, 9.17) is 16.7 Å². The zero-order valence-electron chi connectivity index (χ0n) is 9.05. The second kappa shape index (κ2) is 5.14. The largest absolute Gasteiger partial charge is 0.371 e. The number of nitrogens with zero attached hydrogens (tertiary/aromatic N) is 2. The van der Waals surface area contributed by atoms with Gasteiger partial charge in [-0.05, 0) is 12.1 Å². The molecule has 0 radical (unpaired) electrons. The fourth-order valence-electron chi connectivity index (χ4n) is 1.38. The number of anilines is 1. The van der Waals surface area contributed by atoms with Crippen molar-refractivity contribution < 1.29 is 4.79 Å². The summed E-state index contributed by atoms with van der Waals surface area (Å²) in [5.41, 5.74) is 11.9. The number of benzene rings is 1. The molecule has 16 heavy (non-hydrogen) atoms. The standard InChI is InChI=1S/C11H14N4O/c1-15(7-9(13)11(14)16)10-5-3-2-4-8(10)6-12/h2-5,9H,7,13H2,1H3,(H2,14,16). The van der Waals surface area contributed by atoms with Crippen molar-refractivity contribution in [2.24, 2.45) is 11.5 Å². The number of nitriles is 1. The molecule has 4 N–H and O–H groups in total. The summed E-state index contributed by atoms with van der Waals surface area (Å²) in [7, 11) is 1.76. The van der Waals surface area contributed by atoms with E-state index in [2.05, 4.69) is 6.07 Å². The van der Waals surface area contributed by atoms with Crippen molar-refractivity contribution in [2.45, 2.75) is 6.04 Å². The Hall–Kier alpha value is -2.06. The molecule has 0 bridgehead atoms. The normalized spacial score (nSPS) is 11.6. The van der Waals surface area contributed by atoms with Crippen LogP contribution in [0.3, 0.4) is 0 Å². The third kappa shape index (κ3) is 2.72. The predicted octanol–water partition coefficient (Wildman–Crippen LogP) is -0.193. The molecule has 0 saturated carbocycles. The minimum Gasteiger partial charge on any atom is -0.371 e. The Kier molecular flexibility index (Phi) is 3.86. The van der Waals surface area contributed by atoms with E-state index in [9.17, 15) is 4.79 Å². The van der Waals surface area contributed by atoms with Gasteiger partial charge in [0.15, 0.2) is 0 Å². The van der Waals surface area contributed by atoms with E-state index < -0.39 is 11.9 Å². The number of amides is 1. The third-order valence-corrected chi connectivity index (χ3v) is 2.27. The summed E-state index contributed by atoms with van der Waals surface area (Å²) in [6.07, 6.45) is 0. The van der Waals surface area contributed by atoms with Crippen LogP contribution in [-0.2, 0) is 4.79 Å².